The molecule has 4 heteroatoms. The molecule has 0 aliphatic heterocycles. The Hall–Kier alpha value is 0.880. The van der Waals surface area contributed by atoms with Crippen LogP contribution in [0.1, 0.15) is 28.7 Å². The topological polar surface area (TPSA) is 0 Å². The molecule has 0 aromatic rings. The average Bonchev–Trinajstić information content (AvgIpc) is 1.89. The molecule has 76 valence electrons. The molecule has 0 radical (unpaired) electrons. The number of hydrogen-bond donors (Lipinski definition) is 0. The van der Waals surface area contributed by atoms with Gasteiger partial charge >= 0.3 is 0 Å². The maximum Gasteiger partial charge on any atom is 0.0444 e. The van der Waals surface area contributed by atoms with Crippen LogP contribution in [0.15, 0.2) is 0 Å². The van der Waals surface area contributed by atoms with E-state index in [-0.39, 0.29) is 14.9 Å². The number of hydrogen-bond acceptors (Lipinski definition) is 4. The van der Waals surface area contributed by atoms with E-state index in [4.69, 9.17) is 0 Å². The van der Waals surface area contributed by atoms with Gasteiger partial charge in [0.25, 0.3) is 0 Å². The molecule has 0 saturated heterocycles. The molecule has 0 aromatic carbocycles. The zero-order valence-corrected chi connectivity index (χ0v) is 9.90. The second-order valence-electron chi connectivity index (χ2n) is 1.39. The Morgan fingerprint density at radius 1 is 0.833 bits per heavy atom. The lowest BCUT2D eigenvalue weighted by molar-refractivity contribution is 2.11. The molecule has 0 rings (SSSR count). The van der Waals surface area contributed by atoms with Gasteiger partial charge in [-0.15, -0.1) is 23.5 Å². The normalized spacial score (nSPS) is 6.33. The second kappa shape index (κ2) is 17.8. The first-order valence-electron chi connectivity index (χ1n) is 2.63. The van der Waals surface area contributed by atoms with Crippen LogP contribution in [0.2, 0.25) is 0 Å². The minimum Gasteiger partial charge on any atom is -0.123 e. The van der Waals surface area contributed by atoms with E-state index in [1.54, 1.807) is 23.5 Å². The first-order valence-corrected chi connectivity index (χ1v) is 5.90. The molecule has 0 N–H and O–H groups in total. The van der Waals surface area contributed by atoms with Crippen molar-refractivity contribution in [1.29, 1.82) is 0 Å². The van der Waals surface area contributed by atoms with E-state index in [1.807, 2.05) is 26.4 Å². The summed E-state index contributed by atoms with van der Waals surface area (Å²) < 4.78 is 2.01. The summed E-state index contributed by atoms with van der Waals surface area (Å²) in [5.74, 6) is 0. The Labute approximate surface area is 97.3 Å². The highest BCUT2D eigenvalue weighted by atomic mass is 32.2. The zero-order valence-electron chi connectivity index (χ0n) is 6.63. The van der Waals surface area contributed by atoms with Crippen molar-refractivity contribution in [3.63, 3.8) is 0 Å². The van der Waals surface area contributed by atoms with Crippen molar-refractivity contribution < 1.29 is 0 Å². The highest BCUT2D eigenvalue weighted by Crippen LogP contribution is 1.93. The van der Waals surface area contributed by atoms with Crippen LogP contribution in [0, 0.1) is 0 Å². The molecule has 0 unspecified atom stereocenters. The SMILES string of the molecule is C.C.CSC(C)=S.CSC(C)=S. The summed E-state index contributed by atoms with van der Waals surface area (Å²) in [5.41, 5.74) is 0. The van der Waals surface area contributed by atoms with Crippen LogP contribution in [-0.4, -0.2) is 20.9 Å². The molecular weight excluding hydrogens is 224 g/mol. The van der Waals surface area contributed by atoms with E-state index in [0.29, 0.717) is 0 Å². The van der Waals surface area contributed by atoms with Gasteiger partial charge in [0.1, 0.15) is 0 Å². The van der Waals surface area contributed by atoms with E-state index < -0.39 is 0 Å². The van der Waals surface area contributed by atoms with Gasteiger partial charge < -0.3 is 0 Å². The van der Waals surface area contributed by atoms with Crippen LogP contribution in [0.5, 0.6) is 0 Å². The quantitative estimate of drug-likeness (QED) is 0.568. The lowest BCUT2D eigenvalue weighted by atomic mass is 11.0. The van der Waals surface area contributed by atoms with Crippen molar-refractivity contribution in [1.82, 2.24) is 0 Å². The maximum atomic E-state index is 4.66. The van der Waals surface area contributed by atoms with E-state index in [1.165, 1.54) is 0 Å². The van der Waals surface area contributed by atoms with Crippen molar-refractivity contribution in [3.05, 3.63) is 0 Å². The van der Waals surface area contributed by atoms with Gasteiger partial charge in [0.05, 0.1) is 0 Å². The predicted octanol–water partition coefficient (Wildman–Crippen LogP) is 4.67. The molecule has 0 aliphatic carbocycles. The molecule has 0 saturated carbocycles. The van der Waals surface area contributed by atoms with E-state index in [9.17, 15) is 0 Å². The van der Waals surface area contributed by atoms with Gasteiger partial charge in [0.2, 0.25) is 0 Å². The molecule has 0 aromatic heterocycles. The molecule has 0 fully saturated rings. The summed E-state index contributed by atoms with van der Waals surface area (Å²) in [6, 6.07) is 0. The van der Waals surface area contributed by atoms with Crippen molar-refractivity contribution in [2.24, 2.45) is 0 Å². The Balaban J connectivity index is -0.0000000457. The molecule has 0 amide bonds. The molecule has 0 aliphatic rings. The summed E-state index contributed by atoms with van der Waals surface area (Å²) in [7, 11) is 0. The molecular formula is C8H20S4. The first kappa shape index (κ1) is 23.1. The van der Waals surface area contributed by atoms with E-state index in [2.05, 4.69) is 24.4 Å². The summed E-state index contributed by atoms with van der Waals surface area (Å²) in [4.78, 5) is 0. The Morgan fingerprint density at radius 2 is 0.917 bits per heavy atom. The summed E-state index contributed by atoms with van der Waals surface area (Å²) in [5, 5.41) is 0. The van der Waals surface area contributed by atoms with E-state index in [0.717, 1.165) is 8.39 Å². The number of thioether (sulfide) groups is 2. The summed E-state index contributed by atoms with van der Waals surface area (Å²) in [6.45, 7) is 3.83. The van der Waals surface area contributed by atoms with Gasteiger partial charge in [0, 0.05) is 8.39 Å². The molecule has 0 heterocycles. The Morgan fingerprint density at radius 3 is 0.917 bits per heavy atom. The molecule has 0 atom stereocenters. The standard InChI is InChI=1S/2C3H6S2.2CH4/c2*1-3(4)5-2;;/h2*1-2H3;2*1H4. The van der Waals surface area contributed by atoms with Gasteiger partial charge in [-0.05, 0) is 26.4 Å². The van der Waals surface area contributed by atoms with Crippen molar-refractivity contribution >= 4 is 56.4 Å². The highest BCUT2D eigenvalue weighted by Gasteiger charge is 1.71. The summed E-state index contributed by atoms with van der Waals surface area (Å²) >= 11 is 12.5. The minimum atomic E-state index is 0. The predicted molar refractivity (Wildman–Crippen MR) is 77.0 cm³/mol. The molecule has 12 heavy (non-hydrogen) atoms. The van der Waals surface area contributed by atoms with Crippen LogP contribution < -0.4 is 0 Å². The fraction of sp³-hybridized carbons (Fsp3) is 0.750. The van der Waals surface area contributed by atoms with Gasteiger partial charge in [0.15, 0.2) is 0 Å². The van der Waals surface area contributed by atoms with Crippen LogP contribution in [0.25, 0.3) is 0 Å². The third-order valence-electron chi connectivity index (χ3n) is 0.575. The monoisotopic (exact) mass is 244 g/mol. The maximum absolute atomic E-state index is 4.66. The fourth-order valence-electron chi connectivity index (χ4n) is 0. The first-order chi connectivity index (χ1) is 4.54. The summed E-state index contributed by atoms with van der Waals surface area (Å²) in [6.07, 6.45) is 3.95. The fourth-order valence-corrected chi connectivity index (χ4v) is 0. The van der Waals surface area contributed by atoms with Gasteiger partial charge in [-0.3, -0.25) is 0 Å². The third kappa shape index (κ3) is 44.6. The van der Waals surface area contributed by atoms with Crippen LogP contribution >= 0.6 is 48.0 Å². The van der Waals surface area contributed by atoms with Gasteiger partial charge in [-0.1, -0.05) is 39.3 Å². The number of thiocarbonyl (C=S) groups is 2. The smallest absolute Gasteiger partial charge is 0.0444 e. The van der Waals surface area contributed by atoms with Crippen LogP contribution in [0.3, 0.4) is 0 Å². The number of rotatable bonds is 0. The van der Waals surface area contributed by atoms with E-state index >= 15 is 0 Å². The Kier molecular flexibility index (Phi) is 34.3. The van der Waals surface area contributed by atoms with Crippen molar-refractivity contribution in [3.8, 4) is 0 Å². The lowest BCUT2D eigenvalue weighted by Crippen LogP contribution is -1.66. The second-order valence-corrected chi connectivity index (χ2v) is 5.17. The third-order valence-corrected chi connectivity index (χ3v) is 2.72. The lowest BCUT2D eigenvalue weighted by Gasteiger charge is -1.76. The molecule has 0 spiro atoms. The van der Waals surface area contributed by atoms with Crippen molar-refractivity contribution in [2.45, 2.75) is 28.7 Å². The zero-order chi connectivity index (χ0) is 8.57. The van der Waals surface area contributed by atoms with Gasteiger partial charge in [-0.2, -0.15) is 0 Å². The van der Waals surface area contributed by atoms with Crippen LogP contribution in [0.4, 0.5) is 0 Å². The van der Waals surface area contributed by atoms with Crippen molar-refractivity contribution in [2.75, 3.05) is 12.5 Å². The molecule has 0 nitrogen and oxygen atoms in total. The van der Waals surface area contributed by atoms with Gasteiger partial charge in [-0.25, -0.2) is 0 Å². The van der Waals surface area contributed by atoms with Crippen LogP contribution in [-0.2, 0) is 0 Å². The average molecular weight is 245 g/mol. The highest BCUT2D eigenvalue weighted by molar-refractivity contribution is 8.22. The Bertz CT molecular complexity index is 95.6. The molecule has 0 bridgehead atoms. The largest absolute Gasteiger partial charge is 0.123 e. The minimum absolute atomic E-state index is 0.